The van der Waals surface area contributed by atoms with Gasteiger partial charge in [0.25, 0.3) is 0 Å². The average molecular weight is 326 g/mol. The number of ether oxygens (including phenoxy) is 1. The number of aliphatic hydroxyl groups is 1. The number of fused-ring (bicyclic) bond motifs is 1. The van der Waals surface area contributed by atoms with E-state index in [1.54, 1.807) is 7.11 Å². The second-order valence-corrected chi connectivity index (χ2v) is 6.45. The first-order chi connectivity index (χ1) is 11.8. The van der Waals surface area contributed by atoms with Crippen LogP contribution in [0.15, 0.2) is 42.7 Å². The molecule has 4 nitrogen and oxygen atoms in total. The summed E-state index contributed by atoms with van der Waals surface area (Å²) in [6.07, 6.45) is 7.68. The number of nitrogens with zero attached hydrogens (tertiary/aromatic N) is 2. The molecule has 0 radical (unpaired) electrons. The highest BCUT2D eigenvalue weighted by atomic mass is 16.5. The van der Waals surface area contributed by atoms with Crippen molar-refractivity contribution in [1.29, 1.82) is 0 Å². The van der Waals surface area contributed by atoms with E-state index in [9.17, 15) is 5.11 Å². The third kappa shape index (κ3) is 4.34. The van der Waals surface area contributed by atoms with Crippen LogP contribution in [0.2, 0.25) is 0 Å². The number of aromatic nitrogens is 1. The molecule has 0 aliphatic carbocycles. The lowest BCUT2D eigenvalue weighted by Gasteiger charge is -2.22. The Bertz CT molecular complexity index is 645. The summed E-state index contributed by atoms with van der Waals surface area (Å²) < 4.78 is 5.30. The van der Waals surface area contributed by atoms with E-state index >= 15 is 0 Å². The number of β-amino-alcohol motifs (C(OH)–C–C–N with tert-alkyl or cyclic N) is 1. The van der Waals surface area contributed by atoms with Crippen molar-refractivity contribution in [3.63, 3.8) is 0 Å². The summed E-state index contributed by atoms with van der Waals surface area (Å²) in [4.78, 5) is 6.53. The van der Waals surface area contributed by atoms with E-state index in [1.165, 1.54) is 11.1 Å². The second-order valence-electron chi connectivity index (χ2n) is 6.45. The number of methoxy groups -OCH3 is 1. The normalized spacial score (nSPS) is 18.0. The standard InChI is InChI=1S/C20H26N2O2/c1-24-18-7-8-19-17(13-18)9-12-22(15-20(19)23)11-3-2-5-16-6-4-10-21-14-16/h4,6-8,10,13-14,20,23H,2-3,5,9,11-12,15H2,1H3. The third-order valence-corrected chi connectivity index (χ3v) is 4.75. The molecule has 0 saturated heterocycles. The van der Waals surface area contributed by atoms with Gasteiger partial charge in [0.1, 0.15) is 5.75 Å². The van der Waals surface area contributed by atoms with Crippen LogP contribution >= 0.6 is 0 Å². The Hall–Kier alpha value is -1.91. The minimum absolute atomic E-state index is 0.410. The number of unbranched alkanes of at least 4 members (excludes halogenated alkanes) is 1. The van der Waals surface area contributed by atoms with Gasteiger partial charge in [-0.15, -0.1) is 0 Å². The number of benzene rings is 1. The highest BCUT2D eigenvalue weighted by Gasteiger charge is 2.21. The Kier molecular flexibility index (Phi) is 5.83. The Labute approximate surface area is 144 Å². The molecular formula is C20H26N2O2. The predicted molar refractivity (Wildman–Crippen MR) is 95.3 cm³/mol. The van der Waals surface area contributed by atoms with E-state index in [-0.39, 0.29) is 0 Å². The highest BCUT2D eigenvalue weighted by molar-refractivity contribution is 5.38. The molecule has 2 aromatic rings. The molecule has 3 rings (SSSR count). The zero-order chi connectivity index (χ0) is 16.8. The molecule has 1 aromatic heterocycles. The molecule has 24 heavy (non-hydrogen) atoms. The maximum Gasteiger partial charge on any atom is 0.119 e. The van der Waals surface area contributed by atoms with Gasteiger partial charge >= 0.3 is 0 Å². The summed E-state index contributed by atoms with van der Waals surface area (Å²) >= 11 is 0. The Morgan fingerprint density at radius 2 is 2.21 bits per heavy atom. The van der Waals surface area contributed by atoms with Gasteiger partial charge in [-0.25, -0.2) is 0 Å². The minimum Gasteiger partial charge on any atom is -0.497 e. The molecule has 0 fully saturated rings. The maximum absolute atomic E-state index is 10.5. The van der Waals surface area contributed by atoms with Crippen molar-refractivity contribution in [2.75, 3.05) is 26.7 Å². The van der Waals surface area contributed by atoms with Crippen LogP contribution in [0.1, 0.15) is 35.6 Å². The van der Waals surface area contributed by atoms with Gasteiger partial charge in [-0.1, -0.05) is 12.1 Å². The fourth-order valence-electron chi connectivity index (χ4n) is 3.38. The van der Waals surface area contributed by atoms with Gasteiger partial charge in [-0.2, -0.15) is 0 Å². The summed E-state index contributed by atoms with van der Waals surface area (Å²) in [5.74, 6) is 0.867. The van der Waals surface area contributed by atoms with Crippen molar-refractivity contribution in [1.82, 2.24) is 9.88 Å². The number of hydrogen-bond donors (Lipinski definition) is 1. The lowest BCUT2D eigenvalue weighted by molar-refractivity contribution is 0.119. The van der Waals surface area contributed by atoms with Gasteiger partial charge in [0.05, 0.1) is 13.2 Å². The van der Waals surface area contributed by atoms with E-state index < -0.39 is 6.10 Å². The van der Waals surface area contributed by atoms with Crippen molar-refractivity contribution in [2.45, 2.75) is 31.8 Å². The maximum atomic E-state index is 10.5. The van der Waals surface area contributed by atoms with Gasteiger partial charge in [-0.3, -0.25) is 4.98 Å². The summed E-state index contributed by atoms with van der Waals surface area (Å²) in [6.45, 7) is 2.73. The van der Waals surface area contributed by atoms with Gasteiger partial charge < -0.3 is 14.7 Å². The van der Waals surface area contributed by atoms with E-state index in [1.807, 2.05) is 30.6 Å². The van der Waals surface area contributed by atoms with Gasteiger partial charge in [0.15, 0.2) is 0 Å². The summed E-state index contributed by atoms with van der Waals surface area (Å²) in [7, 11) is 1.68. The minimum atomic E-state index is -0.410. The number of aryl methyl sites for hydroxylation is 1. The molecule has 128 valence electrons. The van der Waals surface area contributed by atoms with Crippen LogP contribution in [0.4, 0.5) is 0 Å². The number of aliphatic hydroxyl groups excluding tert-OH is 1. The number of pyridine rings is 1. The lowest BCUT2D eigenvalue weighted by atomic mass is 10.0. The molecule has 1 atom stereocenters. The first-order valence-corrected chi connectivity index (χ1v) is 8.72. The first-order valence-electron chi connectivity index (χ1n) is 8.72. The Morgan fingerprint density at radius 1 is 1.29 bits per heavy atom. The van der Waals surface area contributed by atoms with Crippen molar-refractivity contribution >= 4 is 0 Å². The monoisotopic (exact) mass is 326 g/mol. The molecule has 0 spiro atoms. The lowest BCUT2D eigenvalue weighted by Crippen LogP contribution is -2.29. The molecule has 0 amide bonds. The van der Waals surface area contributed by atoms with E-state index in [4.69, 9.17) is 4.74 Å². The molecule has 1 aliphatic rings. The van der Waals surface area contributed by atoms with Crippen LogP contribution < -0.4 is 4.74 Å². The zero-order valence-corrected chi connectivity index (χ0v) is 14.3. The van der Waals surface area contributed by atoms with Crippen molar-refractivity contribution < 1.29 is 9.84 Å². The van der Waals surface area contributed by atoms with Crippen molar-refractivity contribution in [2.24, 2.45) is 0 Å². The van der Waals surface area contributed by atoms with Crippen LogP contribution in [0.5, 0.6) is 5.75 Å². The smallest absolute Gasteiger partial charge is 0.119 e. The van der Waals surface area contributed by atoms with Crippen LogP contribution in [0, 0.1) is 0 Å². The van der Waals surface area contributed by atoms with Gasteiger partial charge in [0, 0.05) is 25.5 Å². The molecule has 1 aromatic carbocycles. The fourth-order valence-corrected chi connectivity index (χ4v) is 3.38. The Morgan fingerprint density at radius 3 is 3.00 bits per heavy atom. The quantitative estimate of drug-likeness (QED) is 0.829. The molecule has 2 heterocycles. The number of hydrogen-bond acceptors (Lipinski definition) is 4. The molecule has 1 N–H and O–H groups in total. The van der Waals surface area contributed by atoms with Crippen molar-refractivity contribution in [3.05, 3.63) is 59.4 Å². The highest BCUT2D eigenvalue weighted by Crippen LogP contribution is 2.27. The summed E-state index contributed by atoms with van der Waals surface area (Å²) in [5.41, 5.74) is 3.56. The topological polar surface area (TPSA) is 45.6 Å². The van der Waals surface area contributed by atoms with Crippen LogP contribution in [-0.4, -0.2) is 41.7 Å². The van der Waals surface area contributed by atoms with Gasteiger partial charge in [0.2, 0.25) is 0 Å². The molecule has 0 saturated carbocycles. The first kappa shape index (κ1) is 16.9. The Balaban J connectivity index is 1.50. The summed E-state index contributed by atoms with van der Waals surface area (Å²) in [6, 6.07) is 10.1. The number of rotatable bonds is 6. The third-order valence-electron chi connectivity index (χ3n) is 4.75. The van der Waals surface area contributed by atoms with Crippen LogP contribution in [0.3, 0.4) is 0 Å². The molecule has 1 unspecified atom stereocenters. The molecule has 1 aliphatic heterocycles. The van der Waals surface area contributed by atoms with E-state index in [0.717, 1.165) is 50.1 Å². The van der Waals surface area contributed by atoms with Crippen LogP contribution in [0.25, 0.3) is 0 Å². The van der Waals surface area contributed by atoms with Crippen LogP contribution in [-0.2, 0) is 12.8 Å². The molecule has 4 heteroatoms. The predicted octanol–water partition coefficient (Wildman–Crippen LogP) is 3.00. The molecule has 0 bridgehead atoms. The largest absolute Gasteiger partial charge is 0.497 e. The van der Waals surface area contributed by atoms with E-state index in [2.05, 4.69) is 22.0 Å². The van der Waals surface area contributed by atoms with Crippen molar-refractivity contribution in [3.8, 4) is 5.75 Å². The second kappa shape index (κ2) is 8.27. The zero-order valence-electron chi connectivity index (χ0n) is 14.3. The molecular weight excluding hydrogens is 300 g/mol. The van der Waals surface area contributed by atoms with Gasteiger partial charge in [-0.05, 0) is 67.1 Å². The summed E-state index contributed by atoms with van der Waals surface area (Å²) in [5, 5.41) is 10.5. The fraction of sp³-hybridized carbons (Fsp3) is 0.450. The average Bonchev–Trinajstić information content (AvgIpc) is 2.78. The SMILES string of the molecule is COc1ccc2c(c1)CCN(CCCCc1cccnc1)CC2O. The van der Waals surface area contributed by atoms with E-state index in [0.29, 0.717) is 6.54 Å².